The zero-order valence-electron chi connectivity index (χ0n) is 23.0. The van der Waals surface area contributed by atoms with Gasteiger partial charge in [-0.05, 0) is 25.7 Å². The summed E-state index contributed by atoms with van der Waals surface area (Å²) in [4.78, 5) is 23.4. The summed E-state index contributed by atoms with van der Waals surface area (Å²) < 4.78 is 9.94. The molecule has 0 atom stereocenters. The summed E-state index contributed by atoms with van der Waals surface area (Å²) in [6.45, 7) is 4.01. The van der Waals surface area contributed by atoms with Gasteiger partial charge >= 0.3 is 11.9 Å². The molecule has 0 aromatic rings. The van der Waals surface area contributed by atoms with E-state index >= 15 is 0 Å². The van der Waals surface area contributed by atoms with Crippen molar-refractivity contribution in [3.05, 3.63) is 48.6 Å². The van der Waals surface area contributed by atoms with Crippen LogP contribution in [0, 0.1) is 0 Å². The summed E-state index contributed by atoms with van der Waals surface area (Å²) in [5.74, 6) is -1.07. The number of rotatable bonds is 24. The summed E-state index contributed by atoms with van der Waals surface area (Å²) in [6, 6.07) is 0. The molecule has 0 aliphatic heterocycles. The van der Waals surface area contributed by atoms with Crippen molar-refractivity contribution in [2.24, 2.45) is 0 Å². The Bertz CT molecular complexity index is 579. The maximum absolute atomic E-state index is 11.7. The highest BCUT2D eigenvalue weighted by Crippen LogP contribution is 2.09. The number of unbranched alkanes of at least 4 members (excludes halogenated alkanes) is 14. The van der Waals surface area contributed by atoms with Gasteiger partial charge in [0, 0.05) is 12.2 Å². The SMILES string of the molecule is CCCCCCCCCC=CC=CC(=O)OCC(O)COC(=O)C=CC=CCCCCCCCCC. The van der Waals surface area contributed by atoms with Crippen LogP contribution in [0.25, 0.3) is 0 Å². The minimum absolute atomic E-state index is 0.222. The Morgan fingerprint density at radius 3 is 1.33 bits per heavy atom. The lowest BCUT2D eigenvalue weighted by molar-refractivity contribution is -0.146. The van der Waals surface area contributed by atoms with Crippen molar-refractivity contribution in [1.29, 1.82) is 0 Å². The van der Waals surface area contributed by atoms with E-state index in [0.717, 1.165) is 25.7 Å². The first-order valence-electron chi connectivity index (χ1n) is 14.3. The van der Waals surface area contributed by atoms with E-state index in [4.69, 9.17) is 9.47 Å². The third kappa shape index (κ3) is 26.5. The lowest BCUT2D eigenvalue weighted by Crippen LogP contribution is -2.24. The van der Waals surface area contributed by atoms with E-state index in [1.54, 1.807) is 12.2 Å². The lowest BCUT2D eigenvalue weighted by Gasteiger charge is -2.09. The average Bonchev–Trinajstić information content (AvgIpc) is 2.88. The van der Waals surface area contributed by atoms with E-state index in [-0.39, 0.29) is 13.2 Å². The normalized spacial score (nSPS) is 12.9. The zero-order valence-corrected chi connectivity index (χ0v) is 23.0. The van der Waals surface area contributed by atoms with Gasteiger partial charge in [0.2, 0.25) is 0 Å². The molecular formula is C31H52O5. The minimum atomic E-state index is -1.06. The average molecular weight is 505 g/mol. The van der Waals surface area contributed by atoms with Crippen LogP contribution in [0.15, 0.2) is 48.6 Å². The van der Waals surface area contributed by atoms with E-state index in [1.165, 1.54) is 89.2 Å². The molecule has 5 nitrogen and oxygen atoms in total. The molecular weight excluding hydrogens is 452 g/mol. The molecule has 0 amide bonds. The van der Waals surface area contributed by atoms with Crippen molar-refractivity contribution in [1.82, 2.24) is 0 Å². The molecule has 0 rings (SSSR count). The van der Waals surface area contributed by atoms with Crippen molar-refractivity contribution in [3.8, 4) is 0 Å². The number of esters is 2. The maximum Gasteiger partial charge on any atom is 0.330 e. The second-order valence-electron chi connectivity index (χ2n) is 9.31. The van der Waals surface area contributed by atoms with Gasteiger partial charge in [-0.2, -0.15) is 0 Å². The molecule has 0 unspecified atom stereocenters. The van der Waals surface area contributed by atoms with Crippen LogP contribution < -0.4 is 0 Å². The Morgan fingerprint density at radius 1 is 0.583 bits per heavy atom. The van der Waals surface area contributed by atoms with E-state index in [0.29, 0.717) is 0 Å². The van der Waals surface area contributed by atoms with Crippen LogP contribution in [-0.2, 0) is 19.1 Å². The number of aliphatic hydroxyl groups is 1. The summed E-state index contributed by atoms with van der Waals surface area (Å²) in [7, 11) is 0. The maximum atomic E-state index is 11.7. The van der Waals surface area contributed by atoms with Gasteiger partial charge in [-0.3, -0.25) is 0 Å². The monoisotopic (exact) mass is 504 g/mol. The quantitative estimate of drug-likeness (QED) is 0.0625. The number of carbonyl (C=O) groups is 2. The second kappa shape index (κ2) is 27.4. The highest BCUT2D eigenvalue weighted by atomic mass is 16.6. The van der Waals surface area contributed by atoms with Crippen molar-refractivity contribution >= 4 is 11.9 Å². The summed E-state index contributed by atoms with van der Waals surface area (Å²) in [5.41, 5.74) is 0. The molecule has 0 saturated carbocycles. The second-order valence-corrected chi connectivity index (χ2v) is 9.31. The van der Waals surface area contributed by atoms with Crippen LogP contribution in [0.5, 0.6) is 0 Å². The molecule has 0 aromatic carbocycles. The summed E-state index contributed by atoms with van der Waals surface area (Å²) >= 11 is 0. The van der Waals surface area contributed by atoms with Crippen molar-refractivity contribution < 1.29 is 24.2 Å². The van der Waals surface area contributed by atoms with E-state index in [2.05, 4.69) is 13.8 Å². The number of ether oxygens (including phenoxy) is 2. The fourth-order valence-electron chi connectivity index (χ4n) is 3.56. The van der Waals surface area contributed by atoms with Crippen molar-refractivity contribution in [2.45, 2.75) is 123 Å². The highest BCUT2D eigenvalue weighted by Gasteiger charge is 2.09. The molecule has 0 aromatic heterocycles. The Morgan fingerprint density at radius 2 is 0.944 bits per heavy atom. The largest absolute Gasteiger partial charge is 0.460 e. The van der Waals surface area contributed by atoms with Gasteiger partial charge in [-0.15, -0.1) is 0 Å². The molecule has 0 fully saturated rings. The van der Waals surface area contributed by atoms with Gasteiger partial charge in [0.25, 0.3) is 0 Å². The van der Waals surface area contributed by atoms with E-state index in [1.807, 2.05) is 24.3 Å². The van der Waals surface area contributed by atoms with Crippen molar-refractivity contribution in [3.63, 3.8) is 0 Å². The third-order valence-electron chi connectivity index (χ3n) is 5.74. The molecule has 0 aliphatic carbocycles. The first-order chi connectivity index (χ1) is 17.6. The molecule has 0 aliphatic rings. The lowest BCUT2D eigenvalue weighted by atomic mass is 10.1. The molecule has 1 N–H and O–H groups in total. The van der Waals surface area contributed by atoms with Crippen LogP contribution in [-0.4, -0.2) is 36.4 Å². The smallest absolute Gasteiger partial charge is 0.330 e. The molecule has 5 heteroatoms. The zero-order chi connectivity index (χ0) is 26.5. The van der Waals surface area contributed by atoms with Crippen LogP contribution in [0.1, 0.15) is 117 Å². The Hall–Kier alpha value is -2.14. The molecule has 0 radical (unpaired) electrons. The van der Waals surface area contributed by atoms with Gasteiger partial charge in [0.05, 0.1) is 0 Å². The fraction of sp³-hybridized carbons (Fsp3) is 0.677. The van der Waals surface area contributed by atoms with Crippen LogP contribution in [0.4, 0.5) is 0 Å². The Balaban J connectivity index is 3.72. The van der Waals surface area contributed by atoms with Gasteiger partial charge < -0.3 is 14.6 Å². The van der Waals surface area contributed by atoms with E-state index < -0.39 is 18.0 Å². The number of aliphatic hydroxyl groups excluding tert-OH is 1. The van der Waals surface area contributed by atoms with Gasteiger partial charge in [-0.1, -0.05) is 127 Å². The molecule has 0 heterocycles. The molecule has 36 heavy (non-hydrogen) atoms. The number of hydrogen-bond acceptors (Lipinski definition) is 5. The predicted octanol–water partition coefficient (Wildman–Crippen LogP) is 7.94. The molecule has 0 spiro atoms. The third-order valence-corrected chi connectivity index (χ3v) is 5.74. The summed E-state index contributed by atoms with van der Waals surface area (Å²) in [5, 5.41) is 9.84. The van der Waals surface area contributed by atoms with Crippen molar-refractivity contribution in [2.75, 3.05) is 13.2 Å². The van der Waals surface area contributed by atoms with E-state index in [9.17, 15) is 14.7 Å². The fourth-order valence-corrected chi connectivity index (χ4v) is 3.56. The highest BCUT2D eigenvalue weighted by molar-refractivity contribution is 5.82. The van der Waals surface area contributed by atoms with Gasteiger partial charge in [-0.25, -0.2) is 9.59 Å². The van der Waals surface area contributed by atoms with Gasteiger partial charge in [0.15, 0.2) is 0 Å². The molecule has 0 saturated heterocycles. The Kier molecular flexibility index (Phi) is 25.8. The van der Waals surface area contributed by atoms with Crippen LogP contribution in [0.2, 0.25) is 0 Å². The number of allylic oxidation sites excluding steroid dienone is 6. The predicted molar refractivity (Wildman–Crippen MR) is 150 cm³/mol. The summed E-state index contributed by atoms with van der Waals surface area (Å²) in [6.07, 6.45) is 32.6. The topological polar surface area (TPSA) is 72.8 Å². The van der Waals surface area contributed by atoms with Crippen LogP contribution in [0.3, 0.4) is 0 Å². The minimum Gasteiger partial charge on any atom is -0.460 e. The first kappa shape index (κ1) is 33.9. The molecule has 0 bridgehead atoms. The number of carbonyl (C=O) groups excluding carboxylic acids is 2. The molecule has 206 valence electrons. The van der Waals surface area contributed by atoms with Crippen LogP contribution >= 0.6 is 0 Å². The Labute approximate surface area is 220 Å². The number of hydrogen-bond donors (Lipinski definition) is 1. The first-order valence-corrected chi connectivity index (χ1v) is 14.3. The standard InChI is InChI=1S/C31H52O5/c1-3-5-7-9-11-13-15-17-19-21-23-25-30(33)35-27-29(32)28-36-31(34)26-24-22-20-18-16-14-12-10-8-6-4-2/h19-26,29,32H,3-18,27-28H2,1-2H3. The van der Waals surface area contributed by atoms with Gasteiger partial charge in [0.1, 0.15) is 19.3 Å².